The van der Waals surface area contributed by atoms with Gasteiger partial charge in [0, 0.05) is 11.7 Å². The largest absolute Gasteiger partial charge is 0.447 e. The molecule has 132 valence electrons. The van der Waals surface area contributed by atoms with Crippen molar-refractivity contribution in [3.05, 3.63) is 24.3 Å². The van der Waals surface area contributed by atoms with Crippen molar-refractivity contribution in [1.29, 1.82) is 0 Å². The Morgan fingerprint density at radius 3 is 2.50 bits per heavy atom. The zero-order valence-corrected chi connectivity index (χ0v) is 14.9. The second kappa shape index (κ2) is 6.72. The van der Waals surface area contributed by atoms with E-state index in [0.29, 0.717) is 30.7 Å². The highest BCUT2D eigenvalue weighted by molar-refractivity contribution is 7.89. The molecule has 1 aliphatic heterocycles. The van der Waals surface area contributed by atoms with Crippen molar-refractivity contribution < 1.29 is 17.9 Å². The maximum Gasteiger partial charge on any atom is 0.414 e. The van der Waals surface area contributed by atoms with Crippen molar-refractivity contribution in [2.45, 2.75) is 44.0 Å². The summed E-state index contributed by atoms with van der Waals surface area (Å²) in [6.45, 7) is 5.13. The fourth-order valence-electron chi connectivity index (χ4n) is 3.45. The van der Waals surface area contributed by atoms with Gasteiger partial charge in [-0.15, -0.1) is 0 Å². The third-order valence-electron chi connectivity index (χ3n) is 5.23. The van der Waals surface area contributed by atoms with Crippen molar-refractivity contribution in [3.8, 4) is 0 Å². The average molecular weight is 352 g/mol. The molecule has 3 atom stereocenters. The van der Waals surface area contributed by atoms with E-state index in [9.17, 15) is 13.2 Å². The van der Waals surface area contributed by atoms with Crippen molar-refractivity contribution in [2.75, 3.05) is 18.1 Å². The molecule has 3 rings (SSSR count). The van der Waals surface area contributed by atoms with Gasteiger partial charge in [-0.2, -0.15) is 0 Å². The summed E-state index contributed by atoms with van der Waals surface area (Å²) >= 11 is 0. The van der Waals surface area contributed by atoms with Crippen LogP contribution >= 0.6 is 0 Å². The van der Waals surface area contributed by atoms with Crippen LogP contribution in [-0.4, -0.2) is 33.7 Å². The van der Waals surface area contributed by atoms with Crippen LogP contribution < -0.4 is 9.62 Å². The van der Waals surface area contributed by atoms with E-state index >= 15 is 0 Å². The molecule has 0 radical (unpaired) electrons. The van der Waals surface area contributed by atoms with Crippen LogP contribution in [0.25, 0.3) is 0 Å². The Bertz CT molecular complexity index is 702. The molecule has 1 saturated carbocycles. The van der Waals surface area contributed by atoms with E-state index in [-0.39, 0.29) is 10.9 Å². The summed E-state index contributed by atoms with van der Waals surface area (Å²) in [6, 6.07) is 6.36. The number of cyclic esters (lactones) is 1. The summed E-state index contributed by atoms with van der Waals surface area (Å²) in [5, 5.41) is 0. The molecule has 24 heavy (non-hydrogen) atoms. The Morgan fingerprint density at radius 2 is 1.88 bits per heavy atom. The summed E-state index contributed by atoms with van der Waals surface area (Å²) in [5.41, 5.74) is 0.649. The van der Waals surface area contributed by atoms with E-state index in [1.807, 2.05) is 0 Å². The van der Waals surface area contributed by atoms with Gasteiger partial charge < -0.3 is 4.74 Å². The Balaban J connectivity index is 1.74. The summed E-state index contributed by atoms with van der Waals surface area (Å²) in [7, 11) is -3.55. The summed E-state index contributed by atoms with van der Waals surface area (Å²) in [4.78, 5) is 13.3. The summed E-state index contributed by atoms with van der Waals surface area (Å²) in [5.74, 6) is 0.849. The molecule has 2 aliphatic rings. The maximum atomic E-state index is 12.6. The number of ether oxygens (including phenoxy) is 1. The molecule has 0 bridgehead atoms. The lowest BCUT2D eigenvalue weighted by Gasteiger charge is -2.34. The van der Waals surface area contributed by atoms with Gasteiger partial charge in [-0.05, 0) is 42.5 Å². The minimum absolute atomic E-state index is 0.0213. The number of benzene rings is 1. The summed E-state index contributed by atoms with van der Waals surface area (Å²) < 4.78 is 33.0. The van der Waals surface area contributed by atoms with Crippen LogP contribution in [0.5, 0.6) is 0 Å². The monoisotopic (exact) mass is 352 g/mol. The van der Waals surface area contributed by atoms with Crippen LogP contribution in [0.15, 0.2) is 29.2 Å². The number of hydrogen-bond acceptors (Lipinski definition) is 4. The maximum absolute atomic E-state index is 12.6. The van der Waals surface area contributed by atoms with Gasteiger partial charge in [-0.25, -0.2) is 17.9 Å². The lowest BCUT2D eigenvalue weighted by molar-refractivity contribution is 0.181. The molecular weight excluding hydrogens is 328 g/mol. The zero-order valence-electron chi connectivity index (χ0n) is 14.1. The normalized spacial score (nSPS) is 28.0. The zero-order chi connectivity index (χ0) is 17.3. The molecular formula is C17H24N2O4S. The van der Waals surface area contributed by atoms with Crippen LogP contribution in [0.4, 0.5) is 10.5 Å². The van der Waals surface area contributed by atoms with Gasteiger partial charge in [0.2, 0.25) is 10.0 Å². The lowest BCUT2D eigenvalue weighted by Crippen LogP contribution is -2.43. The number of anilines is 1. The minimum atomic E-state index is -3.55. The van der Waals surface area contributed by atoms with E-state index in [4.69, 9.17) is 4.74 Å². The fourth-order valence-corrected chi connectivity index (χ4v) is 4.81. The molecule has 1 heterocycles. The van der Waals surface area contributed by atoms with Gasteiger partial charge in [0.1, 0.15) is 6.61 Å². The van der Waals surface area contributed by atoms with E-state index < -0.39 is 16.1 Å². The van der Waals surface area contributed by atoms with E-state index in [2.05, 4.69) is 18.6 Å². The molecule has 1 aromatic rings. The number of sulfonamides is 1. The highest BCUT2D eigenvalue weighted by Crippen LogP contribution is 2.30. The van der Waals surface area contributed by atoms with Crippen molar-refractivity contribution in [3.63, 3.8) is 0 Å². The predicted molar refractivity (Wildman–Crippen MR) is 91.4 cm³/mol. The smallest absolute Gasteiger partial charge is 0.414 e. The number of carbonyl (C=O) groups is 1. The van der Waals surface area contributed by atoms with E-state index in [0.717, 1.165) is 19.3 Å². The Labute approximate surface area is 143 Å². The number of amides is 1. The first-order valence-corrected chi connectivity index (χ1v) is 9.93. The number of hydrogen-bond donors (Lipinski definition) is 1. The van der Waals surface area contributed by atoms with Gasteiger partial charge in [0.15, 0.2) is 0 Å². The molecule has 0 spiro atoms. The Hall–Kier alpha value is -1.60. The lowest BCUT2D eigenvalue weighted by atomic mass is 9.78. The van der Waals surface area contributed by atoms with E-state index in [1.165, 1.54) is 4.90 Å². The highest BCUT2D eigenvalue weighted by Gasteiger charge is 2.31. The molecule has 0 unspecified atom stereocenters. The third kappa shape index (κ3) is 3.42. The molecule has 0 aromatic heterocycles. The van der Waals surface area contributed by atoms with Crippen molar-refractivity contribution >= 4 is 21.8 Å². The van der Waals surface area contributed by atoms with Crippen LogP contribution in [0.2, 0.25) is 0 Å². The van der Waals surface area contributed by atoms with Gasteiger partial charge in [-0.3, -0.25) is 4.90 Å². The number of rotatable bonds is 4. The van der Waals surface area contributed by atoms with Gasteiger partial charge in [0.05, 0.1) is 11.4 Å². The second-order valence-corrected chi connectivity index (χ2v) is 8.47. The number of nitrogens with one attached hydrogen (secondary N) is 1. The SMILES string of the molecule is C[C@@H]1[C@H](C)CCC[C@@H]1NS(=O)(=O)c1ccc(N2CCOC2=O)cc1. The summed E-state index contributed by atoms with van der Waals surface area (Å²) in [6.07, 6.45) is 2.69. The molecule has 1 saturated heterocycles. The number of nitrogens with zero attached hydrogens (tertiary/aromatic N) is 1. The molecule has 7 heteroatoms. The van der Waals surface area contributed by atoms with Crippen LogP contribution in [-0.2, 0) is 14.8 Å². The Morgan fingerprint density at radius 1 is 1.17 bits per heavy atom. The van der Waals surface area contributed by atoms with Crippen molar-refractivity contribution in [2.24, 2.45) is 11.8 Å². The first-order valence-electron chi connectivity index (χ1n) is 8.45. The van der Waals surface area contributed by atoms with Crippen LogP contribution in [0.1, 0.15) is 33.1 Å². The molecule has 1 aromatic carbocycles. The second-order valence-electron chi connectivity index (χ2n) is 6.75. The van der Waals surface area contributed by atoms with Crippen LogP contribution in [0.3, 0.4) is 0 Å². The fraction of sp³-hybridized carbons (Fsp3) is 0.588. The first-order chi connectivity index (χ1) is 11.4. The molecule has 6 nitrogen and oxygen atoms in total. The molecule has 2 fully saturated rings. The number of carbonyl (C=O) groups excluding carboxylic acids is 1. The van der Waals surface area contributed by atoms with Gasteiger partial charge in [-0.1, -0.05) is 26.7 Å². The average Bonchev–Trinajstić information content (AvgIpc) is 2.98. The van der Waals surface area contributed by atoms with Gasteiger partial charge in [0.25, 0.3) is 0 Å². The standard InChI is InChI=1S/C17H24N2O4S/c1-12-4-3-5-16(13(12)2)18-24(21,22)15-8-6-14(7-9-15)19-10-11-23-17(19)20/h6-9,12-13,16,18H,3-5,10-11H2,1-2H3/t12-,13-,16+/m1/s1. The molecule has 1 amide bonds. The minimum Gasteiger partial charge on any atom is -0.447 e. The Kier molecular flexibility index (Phi) is 4.83. The quantitative estimate of drug-likeness (QED) is 0.904. The molecule has 1 aliphatic carbocycles. The third-order valence-corrected chi connectivity index (χ3v) is 6.74. The van der Waals surface area contributed by atoms with E-state index in [1.54, 1.807) is 24.3 Å². The van der Waals surface area contributed by atoms with Gasteiger partial charge >= 0.3 is 6.09 Å². The first kappa shape index (κ1) is 17.2. The highest BCUT2D eigenvalue weighted by atomic mass is 32.2. The van der Waals surface area contributed by atoms with Crippen LogP contribution in [0, 0.1) is 11.8 Å². The molecule has 1 N–H and O–H groups in total. The topological polar surface area (TPSA) is 75.7 Å². The predicted octanol–water partition coefficient (Wildman–Crippen LogP) is 2.75. The van der Waals surface area contributed by atoms with Crippen molar-refractivity contribution in [1.82, 2.24) is 4.72 Å².